The van der Waals surface area contributed by atoms with Crippen LogP contribution in [0.4, 0.5) is 0 Å². The maximum Gasteiger partial charge on any atom is 0.251 e. The van der Waals surface area contributed by atoms with Gasteiger partial charge in [0.2, 0.25) is 0 Å². The van der Waals surface area contributed by atoms with E-state index in [2.05, 4.69) is 10.4 Å². The Bertz CT molecular complexity index is 947. The summed E-state index contributed by atoms with van der Waals surface area (Å²) in [6.45, 7) is 9.08. The number of carbonyl (C=O) groups excluding carboxylic acids is 1. The Hall–Kier alpha value is -3.22. The topological polar surface area (TPSA) is 78.5 Å². The third-order valence-corrected chi connectivity index (χ3v) is 4.47. The highest BCUT2D eigenvalue weighted by molar-refractivity contribution is 5.94. The fourth-order valence-electron chi connectivity index (χ4n) is 3.23. The Labute approximate surface area is 170 Å². The van der Waals surface area contributed by atoms with E-state index in [0.717, 1.165) is 17.1 Å². The summed E-state index contributed by atoms with van der Waals surface area (Å²) in [5.74, 6) is 1.72. The minimum Gasteiger partial charge on any atom is -0.490 e. The van der Waals surface area contributed by atoms with Crippen molar-refractivity contribution in [3.63, 3.8) is 0 Å². The first-order valence-corrected chi connectivity index (χ1v) is 9.77. The molecular formula is C22H27N3O4. The average molecular weight is 397 g/mol. The van der Waals surface area contributed by atoms with Crippen LogP contribution in [0.5, 0.6) is 11.5 Å². The molecule has 2 heterocycles. The number of benzene rings is 1. The molecule has 2 aromatic heterocycles. The quantitative estimate of drug-likeness (QED) is 0.592. The molecule has 1 amide bonds. The monoisotopic (exact) mass is 397 g/mol. The number of nitrogens with zero attached hydrogens (tertiary/aromatic N) is 2. The van der Waals surface area contributed by atoms with Crippen LogP contribution >= 0.6 is 0 Å². The van der Waals surface area contributed by atoms with Crippen LogP contribution in [0, 0.1) is 13.8 Å². The van der Waals surface area contributed by atoms with Gasteiger partial charge >= 0.3 is 0 Å². The summed E-state index contributed by atoms with van der Waals surface area (Å²) in [6.07, 6.45) is 1.62. The van der Waals surface area contributed by atoms with Crippen LogP contribution in [0.1, 0.15) is 47.4 Å². The van der Waals surface area contributed by atoms with Gasteiger partial charge in [-0.2, -0.15) is 5.10 Å². The SMILES string of the molecule is CCOc1ccc(C(=O)NCC(c2ccco2)n2nc(C)cc2C)cc1OCC. The van der Waals surface area contributed by atoms with E-state index in [1.54, 1.807) is 24.5 Å². The van der Waals surface area contributed by atoms with Gasteiger partial charge in [-0.25, -0.2) is 0 Å². The lowest BCUT2D eigenvalue weighted by molar-refractivity contribution is 0.0947. The molecule has 0 radical (unpaired) electrons. The van der Waals surface area contributed by atoms with E-state index in [1.165, 1.54) is 0 Å². The van der Waals surface area contributed by atoms with Crippen molar-refractivity contribution in [2.45, 2.75) is 33.7 Å². The van der Waals surface area contributed by atoms with E-state index >= 15 is 0 Å². The molecular weight excluding hydrogens is 370 g/mol. The molecule has 154 valence electrons. The van der Waals surface area contributed by atoms with E-state index in [4.69, 9.17) is 13.9 Å². The second kappa shape index (κ2) is 9.32. The zero-order valence-electron chi connectivity index (χ0n) is 17.3. The minimum absolute atomic E-state index is 0.202. The third-order valence-electron chi connectivity index (χ3n) is 4.47. The highest BCUT2D eigenvalue weighted by atomic mass is 16.5. The number of amides is 1. The van der Waals surface area contributed by atoms with Gasteiger partial charge in [0, 0.05) is 17.8 Å². The lowest BCUT2D eigenvalue weighted by Crippen LogP contribution is -2.32. The van der Waals surface area contributed by atoms with Crippen LogP contribution in [0.25, 0.3) is 0 Å². The first kappa shape index (κ1) is 20.5. The first-order chi connectivity index (χ1) is 14.0. The highest BCUT2D eigenvalue weighted by Crippen LogP contribution is 2.28. The van der Waals surface area contributed by atoms with Gasteiger partial charge < -0.3 is 19.2 Å². The third kappa shape index (κ3) is 4.80. The zero-order chi connectivity index (χ0) is 20.8. The molecule has 1 N–H and O–H groups in total. The summed E-state index contributed by atoms with van der Waals surface area (Å²) in [4.78, 5) is 12.8. The Kier molecular flexibility index (Phi) is 6.59. The lowest BCUT2D eigenvalue weighted by atomic mass is 10.1. The number of hydrogen-bond acceptors (Lipinski definition) is 5. The van der Waals surface area contributed by atoms with Crippen molar-refractivity contribution >= 4 is 5.91 Å². The van der Waals surface area contributed by atoms with Crippen molar-refractivity contribution in [3.05, 3.63) is 65.4 Å². The van der Waals surface area contributed by atoms with E-state index in [-0.39, 0.29) is 11.9 Å². The van der Waals surface area contributed by atoms with E-state index < -0.39 is 0 Å². The maximum atomic E-state index is 12.8. The van der Waals surface area contributed by atoms with Crippen LogP contribution in [-0.4, -0.2) is 35.4 Å². The number of furan rings is 1. The summed E-state index contributed by atoms with van der Waals surface area (Å²) in [5, 5.41) is 7.54. The van der Waals surface area contributed by atoms with Gasteiger partial charge in [-0.15, -0.1) is 0 Å². The van der Waals surface area contributed by atoms with Crippen molar-refractivity contribution in [2.24, 2.45) is 0 Å². The van der Waals surface area contributed by atoms with Gasteiger partial charge in [0.05, 0.1) is 25.2 Å². The lowest BCUT2D eigenvalue weighted by Gasteiger charge is -2.18. The average Bonchev–Trinajstić information content (AvgIpc) is 3.34. The molecule has 0 saturated carbocycles. The molecule has 0 aliphatic carbocycles. The van der Waals surface area contributed by atoms with Gasteiger partial charge in [0.15, 0.2) is 11.5 Å². The maximum absolute atomic E-state index is 12.8. The van der Waals surface area contributed by atoms with Crippen LogP contribution in [0.2, 0.25) is 0 Å². The van der Waals surface area contributed by atoms with Crippen molar-refractivity contribution in [3.8, 4) is 11.5 Å². The van der Waals surface area contributed by atoms with Gasteiger partial charge in [-0.1, -0.05) is 0 Å². The smallest absolute Gasteiger partial charge is 0.251 e. The van der Waals surface area contributed by atoms with Gasteiger partial charge in [0.1, 0.15) is 11.8 Å². The minimum atomic E-state index is -0.239. The molecule has 7 nitrogen and oxygen atoms in total. The Morgan fingerprint density at radius 3 is 2.52 bits per heavy atom. The summed E-state index contributed by atoms with van der Waals surface area (Å²) in [5.41, 5.74) is 2.42. The van der Waals surface area contributed by atoms with Crippen molar-refractivity contribution in [2.75, 3.05) is 19.8 Å². The van der Waals surface area contributed by atoms with E-state index in [1.807, 2.05) is 50.6 Å². The van der Waals surface area contributed by atoms with Crippen molar-refractivity contribution in [1.82, 2.24) is 15.1 Å². The molecule has 29 heavy (non-hydrogen) atoms. The number of carbonyl (C=O) groups is 1. The molecule has 0 bridgehead atoms. The molecule has 0 fully saturated rings. The molecule has 0 aliphatic rings. The molecule has 0 spiro atoms. The Morgan fingerprint density at radius 1 is 1.14 bits per heavy atom. The largest absolute Gasteiger partial charge is 0.490 e. The molecule has 0 aliphatic heterocycles. The standard InChI is InChI=1S/C22H27N3O4/c1-5-27-20-10-9-17(13-21(20)28-6-2)22(26)23-14-18(19-8-7-11-29-19)25-16(4)12-15(3)24-25/h7-13,18H,5-6,14H2,1-4H3,(H,23,26). The molecule has 3 aromatic rings. The van der Waals surface area contributed by atoms with Crippen LogP contribution in [0.3, 0.4) is 0 Å². The molecule has 1 unspecified atom stereocenters. The normalized spacial score (nSPS) is 11.9. The molecule has 0 saturated heterocycles. The van der Waals surface area contributed by atoms with E-state index in [9.17, 15) is 4.79 Å². The second-order valence-corrected chi connectivity index (χ2v) is 6.64. The van der Waals surface area contributed by atoms with E-state index in [0.29, 0.717) is 36.8 Å². The number of aromatic nitrogens is 2. The molecule has 1 aromatic carbocycles. The fraction of sp³-hybridized carbons (Fsp3) is 0.364. The number of ether oxygens (including phenoxy) is 2. The predicted octanol–water partition coefficient (Wildman–Crippen LogP) is 3.91. The second-order valence-electron chi connectivity index (χ2n) is 6.64. The van der Waals surface area contributed by atoms with Gasteiger partial charge in [0.25, 0.3) is 5.91 Å². The first-order valence-electron chi connectivity index (χ1n) is 9.77. The Morgan fingerprint density at radius 2 is 1.90 bits per heavy atom. The number of hydrogen-bond donors (Lipinski definition) is 1. The predicted molar refractivity (Wildman–Crippen MR) is 110 cm³/mol. The summed E-state index contributed by atoms with van der Waals surface area (Å²) in [6, 6.07) is 10.7. The van der Waals surface area contributed by atoms with Gasteiger partial charge in [-0.3, -0.25) is 9.48 Å². The van der Waals surface area contributed by atoms with Crippen molar-refractivity contribution in [1.29, 1.82) is 0 Å². The zero-order valence-corrected chi connectivity index (χ0v) is 17.3. The van der Waals surface area contributed by atoms with Gasteiger partial charge in [-0.05, 0) is 64.1 Å². The van der Waals surface area contributed by atoms with Crippen molar-refractivity contribution < 1.29 is 18.7 Å². The van der Waals surface area contributed by atoms with Crippen LogP contribution in [0.15, 0.2) is 47.1 Å². The highest BCUT2D eigenvalue weighted by Gasteiger charge is 2.21. The molecule has 1 atom stereocenters. The number of aryl methyl sites for hydroxylation is 2. The molecule has 3 rings (SSSR count). The summed E-state index contributed by atoms with van der Waals surface area (Å²) >= 11 is 0. The van der Waals surface area contributed by atoms with Crippen LogP contribution in [-0.2, 0) is 0 Å². The summed E-state index contributed by atoms with van der Waals surface area (Å²) in [7, 11) is 0. The molecule has 7 heteroatoms. The Balaban J connectivity index is 1.78. The number of nitrogens with one attached hydrogen (secondary N) is 1. The van der Waals surface area contributed by atoms with Crippen LogP contribution < -0.4 is 14.8 Å². The summed E-state index contributed by atoms with van der Waals surface area (Å²) < 4.78 is 18.7. The number of rotatable bonds is 9. The fourth-order valence-corrected chi connectivity index (χ4v) is 3.23.